The van der Waals surface area contributed by atoms with E-state index in [-0.39, 0.29) is 12.5 Å². The number of rotatable bonds is 9. The second kappa shape index (κ2) is 9.55. The molecular weight excluding hydrogens is 364 g/mol. The zero-order valence-electron chi connectivity index (χ0n) is 16.9. The van der Waals surface area contributed by atoms with Gasteiger partial charge in [-0.2, -0.15) is 0 Å². The summed E-state index contributed by atoms with van der Waals surface area (Å²) in [7, 11) is -3.57. The molecule has 7 heteroatoms. The molecule has 0 spiro atoms. The van der Waals surface area contributed by atoms with Crippen LogP contribution in [-0.2, 0) is 19.6 Å². The molecule has 0 heterocycles. The van der Waals surface area contributed by atoms with E-state index in [1.54, 1.807) is 0 Å². The first-order chi connectivity index (χ1) is 12.7. The summed E-state index contributed by atoms with van der Waals surface area (Å²) in [5.74, 6) is -0.305. The minimum atomic E-state index is -3.57. The van der Waals surface area contributed by atoms with Crippen LogP contribution >= 0.6 is 0 Å². The second-order valence-electron chi connectivity index (χ2n) is 7.50. The molecule has 1 N–H and O–H groups in total. The largest absolute Gasteiger partial charge is 0.378 e. The van der Waals surface area contributed by atoms with E-state index >= 15 is 0 Å². The Kier molecular flexibility index (Phi) is 7.68. The number of benzene rings is 1. The summed E-state index contributed by atoms with van der Waals surface area (Å²) in [6.45, 7) is 6.59. The molecule has 1 amide bonds. The van der Waals surface area contributed by atoms with Crippen molar-refractivity contribution in [3.63, 3.8) is 0 Å². The molecule has 2 rings (SSSR count). The predicted octanol–water partition coefficient (Wildman–Crippen LogP) is 2.84. The summed E-state index contributed by atoms with van der Waals surface area (Å²) >= 11 is 0. The maximum Gasteiger partial charge on any atom is 0.240 e. The average molecular weight is 397 g/mol. The first-order valence-corrected chi connectivity index (χ1v) is 11.5. The molecule has 1 aliphatic carbocycles. The third kappa shape index (κ3) is 6.50. The van der Waals surface area contributed by atoms with E-state index in [1.165, 1.54) is 17.1 Å². The van der Waals surface area contributed by atoms with Crippen molar-refractivity contribution in [3.05, 3.63) is 28.8 Å². The van der Waals surface area contributed by atoms with Gasteiger partial charge in [0.15, 0.2) is 0 Å². The Labute approximate surface area is 163 Å². The van der Waals surface area contributed by atoms with Crippen molar-refractivity contribution >= 4 is 21.6 Å². The standard InChI is InChI=1S/C20H32N2O4S/c1-15-12-16(2)20(17(3)13-15)22(27(4,24)25)14-19(23)21-10-7-11-26-18-8-5-6-9-18/h12-13,18H,5-11,14H2,1-4H3,(H,21,23). The van der Waals surface area contributed by atoms with Crippen molar-refractivity contribution in [2.45, 2.75) is 59.0 Å². The van der Waals surface area contributed by atoms with E-state index in [2.05, 4.69) is 5.32 Å². The van der Waals surface area contributed by atoms with Crippen LogP contribution in [-0.4, -0.2) is 46.4 Å². The van der Waals surface area contributed by atoms with Crippen LogP contribution in [0, 0.1) is 20.8 Å². The Morgan fingerprint density at radius 1 is 1.19 bits per heavy atom. The topological polar surface area (TPSA) is 75.7 Å². The number of hydrogen-bond acceptors (Lipinski definition) is 4. The molecule has 0 saturated heterocycles. The summed E-state index contributed by atoms with van der Waals surface area (Å²) in [6, 6.07) is 3.86. The minimum Gasteiger partial charge on any atom is -0.378 e. The maximum absolute atomic E-state index is 12.3. The molecule has 1 fully saturated rings. The summed E-state index contributed by atoms with van der Waals surface area (Å²) in [5.41, 5.74) is 3.34. The smallest absolute Gasteiger partial charge is 0.240 e. The van der Waals surface area contributed by atoms with Crippen LogP contribution in [0.3, 0.4) is 0 Å². The number of nitrogens with zero attached hydrogens (tertiary/aromatic N) is 1. The van der Waals surface area contributed by atoms with Gasteiger partial charge < -0.3 is 10.1 Å². The number of carbonyl (C=O) groups excluding carboxylic acids is 1. The Hall–Kier alpha value is -1.60. The third-order valence-corrected chi connectivity index (χ3v) is 5.98. The van der Waals surface area contributed by atoms with Crippen LogP contribution in [0.1, 0.15) is 48.8 Å². The van der Waals surface area contributed by atoms with Crippen LogP contribution in [0.5, 0.6) is 0 Å². The summed E-state index contributed by atoms with van der Waals surface area (Å²) in [5, 5.41) is 2.81. The van der Waals surface area contributed by atoms with Gasteiger partial charge in [-0.25, -0.2) is 8.42 Å². The van der Waals surface area contributed by atoms with E-state index in [0.29, 0.717) is 24.9 Å². The summed E-state index contributed by atoms with van der Waals surface area (Å²) in [6.07, 6.45) is 6.96. The number of amides is 1. The molecule has 0 bridgehead atoms. The first kappa shape index (κ1) is 21.7. The van der Waals surface area contributed by atoms with Crippen molar-refractivity contribution in [3.8, 4) is 0 Å². The quantitative estimate of drug-likeness (QED) is 0.651. The number of hydrogen-bond donors (Lipinski definition) is 1. The molecular formula is C20H32N2O4S. The zero-order chi connectivity index (χ0) is 20.0. The highest BCUT2D eigenvalue weighted by molar-refractivity contribution is 7.92. The van der Waals surface area contributed by atoms with Gasteiger partial charge >= 0.3 is 0 Å². The number of aryl methyl sites for hydroxylation is 3. The molecule has 0 aromatic heterocycles. The van der Waals surface area contributed by atoms with E-state index in [4.69, 9.17) is 4.74 Å². The van der Waals surface area contributed by atoms with Gasteiger partial charge in [-0.3, -0.25) is 9.10 Å². The van der Waals surface area contributed by atoms with Crippen LogP contribution in [0.15, 0.2) is 12.1 Å². The second-order valence-corrected chi connectivity index (χ2v) is 9.40. The Bertz CT molecular complexity index is 732. The molecule has 6 nitrogen and oxygen atoms in total. The van der Waals surface area contributed by atoms with Gasteiger partial charge in [0.1, 0.15) is 6.54 Å². The van der Waals surface area contributed by atoms with Gasteiger partial charge in [0.25, 0.3) is 0 Å². The number of ether oxygens (including phenoxy) is 1. The van der Waals surface area contributed by atoms with Gasteiger partial charge in [-0.05, 0) is 51.2 Å². The third-order valence-electron chi connectivity index (χ3n) is 4.87. The Balaban J connectivity index is 1.91. The van der Waals surface area contributed by atoms with Crippen LogP contribution < -0.4 is 9.62 Å². The fourth-order valence-corrected chi connectivity index (χ4v) is 4.69. The minimum absolute atomic E-state index is 0.215. The molecule has 152 valence electrons. The highest BCUT2D eigenvalue weighted by atomic mass is 32.2. The molecule has 0 atom stereocenters. The molecule has 0 unspecified atom stereocenters. The number of nitrogens with one attached hydrogen (secondary N) is 1. The Morgan fingerprint density at radius 3 is 2.33 bits per heavy atom. The first-order valence-electron chi connectivity index (χ1n) is 9.62. The highest BCUT2D eigenvalue weighted by Gasteiger charge is 2.24. The lowest BCUT2D eigenvalue weighted by atomic mass is 10.1. The number of carbonyl (C=O) groups is 1. The van der Waals surface area contributed by atoms with Gasteiger partial charge in [-0.1, -0.05) is 30.5 Å². The van der Waals surface area contributed by atoms with Crippen LogP contribution in [0.25, 0.3) is 0 Å². The maximum atomic E-state index is 12.3. The van der Waals surface area contributed by atoms with Gasteiger partial charge in [0.2, 0.25) is 15.9 Å². The van der Waals surface area contributed by atoms with E-state index < -0.39 is 10.0 Å². The lowest BCUT2D eigenvalue weighted by Crippen LogP contribution is -2.41. The Morgan fingerprint density at radius 2 is 1.78 bits per heavy atom. The predicted molar refractivity (Wildman–Crippen MR) is 109 cm³/mol. The van der Waals surface area contributed by atoms with Crippen LogP contribution in [0.4, 0.5) is 5.69 Å². The molecule has 27 heavy (non-hydrogen) atoms. The van der Waals surface area contributed by atoms with Crippen molar-refractivity contribution in [2.24, 2.45) is 0 Å². The summed E-state index contributed by atoms with van der Waals surface area (Å²) < 4.78 is 31.6. The van der Waals surface area contributed by atoms with E-state index in [1.807, 2.05) is 32.9 Å². The fourth-order valence-electron chi connectivity index (χ4n) is 3.72. The molecule has 0 radical (unpaired) electrons. The van der Waals surface area contributed by atoms with Crippen molar-refractivity contribution in [1.82, 2.24) is 5.32 Å². The van der Waals surface area contributed by atoms with Gasteiger partial charge in [0, 0.05) is 13.2 Å². The van der Waals surface area contributed by atoms with E-state index in [9.17, 15) is 13.2 Å². The lowest BCUT2D eigenvalue weighted by Gasteiger charge is -2.26. The number of anilines is 1. The molecule has 1 aromatic carbocycles. The zero-order valence-corrected chi connectivity index (χ0v) is 17.7. The molecule has 1 saturated carbocycles. The molecule has 1 aromatic rings. The van der Waals surface area contributed by atoms with Gasteiger partial charge in [-0.15, -0.1) is 0 Å². The molecule has 0 aliphatic heterocycles. The van der Waals surface area contributed by atoms with Gasteiger partial charge in [0.05, 0.1) is 18.0 Å². The van der Waals surface area contributed by atoms with Crippen molar-refractivity contribution in [1.29, 1.82) is 0 Å². The number of sulfonamides is 1. The fraction of sp³-hybridized carbons (Fsp3) is 0.650. The normalized spacial score (nSPS) is 15.1. The van der Waals surface area contributed by atoms with E-state index in [0.717, 1.165) is 42.2 Å². The monoisotopic (exact) mass is 396 g/mol. The van der Waals surface area contributed by atoms with Crippen LogP contribution in [0.2, 0.25) is 0 Å². The van der Waals surface area contributed by atoms with Crippen molar-refractivity contribution in [2.75, 3.05) is 30.3 Å². The van der Waals surface area contributed by atoms with Crippen molar-refractivity contribution < 1.29 is 17.9 Å². The lowest BCUT2D eigenvalue weighted by molar-refractivity contribution is -0.119. The highest BCUT2D eigenvalue weighted by Crippen LogP contribution is 2.28. The average Bonchev–Trinajstić information content (AvgIpc) is 3.05. The SMILES string of the molecule is Cc1cc(C)c(N(CC(=O)NCCCOC2CCCC2)S(C)(=O)=O)c(C)c1. The summed E-state index contributed by atoms with van der Waals surface area (Å²) in [4.78, 5) is 12.3. The molecule has 1 aliphatic rings.